The summed E-state index contributed by atoms with van der Waals surface area (Å²) in [5.41, 5.74) is 0.301. The van der Waals surface area contributed by atoms with Gasteiger partial charge in [0, 0.05) is 36.0 Å². The molecule has 7 nitrogen and oxygen atoms in total. The molecule has 1 fully saturated rings. The summed E-state index contributed by atoms with van der Waals surface area (Å²) in [5, 5.41) is 7.00. The molecule has 0 radical (unpaired) electrons. The van der Waals surface area contributed by atoms with Gasteiger partial charge >= 0.3 is 0 Å². The van der Waals surface area contributed by atoms with Crippen LogP contribution >= 0.6 is 15.9 Å². The van der Waals surface area contributed by atoms with Gasteiger partial charge in [0.25, 0.3) is 5.91 Å². The Kier molecular flexibility index (Phi) is 5.79. The standard InChI is InChI=1S/C17H21BrN4O3S/c1-12(11-22-8-2-7-20-22)10-19-17(23)15-9-14(5-6-16(15)18)26(24,25)21-13-3-4-13/h2,5-9,12-13,21H,3-4,10-11H2,1H3,(H,19,23). The van der Waals surface area contributed by atoms with E-state index in [9.17, 15) is 13.2 Å². The molecule has 0 aliphatic heterocycles. The van der Waals surface area contributed by atoms with Gasteiger partial charge in [0.1, 0.15) is 0 Å². The van der Waals surface area contributed by atoms with Gasteiger partial charge in [0.05, 0.1) is 10.5 Å². The first-order valence-electron chi connectivity index (χ1n) is 8.42. The molecular formula is C17H21BrN4O3S. The molecule has 1 aromatic heterocycles. The molecule has 2 N–H and O–H groups in total. The number of carbonyl (C=O) groups is 1. The average Bonchev–Trinajstić information content (AvgIpc) is 3.24. The van der Waals surface area contributed by atoms with Crippen molar-refractivity contribution in [3.05, 3.63) is 46.7 Å². The predicted molar refractivity (Wildman–Crippen MR) is 101 cm³/mol. The van der Waals surface area contributed by atoms with Gasteiger partial charge in [-0.05, 0) is 59.0 Å². The maximum Gasteiger partial charge on any atom is 0.252 e. The highest BCUT2D eigenvalue weighted by molar-refractivity contribution is 9.10. The number of halogens is 1. The number of benzene rings is 1. The van der Waals surface area contributed by atoms with Crippen molar-refractivity contribution < 1.29 is 13.2 Å². The molecule has 0 saturated heterocycles. The zero-order valence-electron chi connectivity index (χ0n) is 14.4. The first-order valence-corrected chi connectivity index (χ1v) is 10.7. The Balaban J connectivity index is 1.65. The number of amides is 1. The number of aromatic nitrogens is 2. The molecule has 1 aliphatic carbocycles. The quantitative estimate of drug-likeness (QED) is 0.657. The van der Waals surface area contributed by atoms with Gasteiger partial charge in [-0.2, -0.15) is 5.10 Å². The van der Waals surface area contributed by atoms with Crippen molar-refractivity contribution in [1.29, 1.82) is 0 Å². The van der Waals surface area contributed by atoms with Gasteiger partial charge in [-0.25, -0.2) is 13.1 Å². The maximum atomic E-state index is 12.5. The Morgan fingerprint density at radius 2 is 2.19 bits per heavy atom. The smallest absolute Gasteiger partial charge is 0.252 e. The SMILES string of the molecule is CC(CNC(=O)c1cc(S(=O)(=O)NC2CC2)ccc1Br)Cn1cccn1. The third-order valence-corrected chi connectivity index (χ3v) is 6.27. The molecule has 1 aliphatic rings. The van der Waals surface area contributed by atoms with Gasteiger partial charge in [0.2, 0.25) is 10.0 Å². The number of hydrogen-bond donors (Lipinski definition) is 2. The lowest BCUT2D eigenvalue weighted by atomic mass is 10.1. The highest BCUT2D eigenvalue weighted by atomic mass is 79.9. The minimum atomic E-state index is -3.60. The van der Waals surface area contributed by atoms with Crippen LogP contribution in [0.15, 0.2) is 46.0 Å². The van der Waals surface area contributed by atoms with E-state index in [4.69, 9.17) is 0 Å². The molecule has 26 heavy (non-hydrogen) atoms. The monoisotopic (exact) mass is 440 g/mol. The van der Waals surface area contributed by atoms with Crippen LogP contribution in [0, 0.1) is 5.92 Å². The molecule has 1 heterocycles. The van der Waals surface area contributed by atoms with Crippen molar-refractivity contribution in [3.8, 4) is 0 Å². The van der Waals surface area contributed by atoms with Gasteiger partial charge in [0.15, 0.2) is 0 Å². The summed E-state index contributed by atoms with van der Waals surface area (Å²) < 4.78 is 29.7. The van der Waals surface area contributed by atoms with E-state index < -0.39 is 10.0 Å². The topological polar surface area (TPSA) is 93.1 Å². The van der Waals surface area contributed by atoms with E-state index in [0.29, 0.717) is 23.1 Å². The third-order valence-electron chi connectivity index (χ3n) is 4.06. The van der Waals surface area contributed by atoms with Crippen LogP contribution in [0.5, 0.6) is 0 Å². The number of rotatable bonds is 8. The van der Waals surface area contributed by atoms with Crippen molar-refractivity contribution in [2.75, 3.05) is 6.54 Å². The summed E-state index contributed by atoms with van der Waals surface area (Å²) in [7, 11) is -3.60. The molecule has 9 heteroatoms. The van der Waals surface area contributed by atoms with E-state index in [1.807, 2.05) is 23.9 Å². The minimum absolute atomic E-state index is 0.0177. The molecule has 2 aromatic rings. The zero-order chi connectivity index (χ0) is 18.7. The van der Waals surface area contributed by atoms with Crippen molar-refractivity contribution in [2.45, 2.75) is 37.2 Å². The van der Waals surface area contributed by atoms with Crippen LogP contribution in [0.2, 0.25) is 0 Å². The van der Waals surface area contributed by atoms with Crippen molar-refractivity contribution in [3.63, 3.8) is 0 Å². The van der Waals surface area contributed by atoms with E-state index in [-0.39, 0.29) is 22.8 Å². The summed E-state index contributed by atoms with van der Waals surface area (Å²) in [4.78, 5) is 12.6. The van der Waals surface area contributed by atoms with Crippen LogP contribution in [-0.4, -0.2) is 36.7 Å². The molecule has 140 valence electrons. The van der Waals surface area contributed by atoms with Crippen LogP contribution in [-0.2, 0) is 16.6 Å². The fraction of sp³-hybridized carbons (Fsp3) is 0.412. The average molecular weight is 441 g/mol. The van der Waals surface area contributed by atoms with Crippen LogP contribution in [0.4, 0.5) is 0 Å². The molecule has 1 unspecified atom stereocenters. The Labute approximate surface area is 161 Å². The maximum absolute atomic E-state index is 12.5. The van der Waals surface area contributed by atoms with Gasteiger partial charge in [-0.3, -0.25) is 9.48 Å². The largest absolute Gasteiger partial charge is 0.352 e. The number of hydrogen-bond acceptors (Lipinski definition) is 4. The lowest BCUT2D eigenvalue weighted by Crippen LogP contribution is -2.31. The molecular weight excluding hydrogens is 420 g/mol. The second kappa shape index (κ2) is 7.89. The predicted octanol–water partition coefficient (Wildman–Crippen LogP) is 2.15. The highest BCUT2D eigenvalue weighted by Crippen LogP contribution is 2.25. The normalized spacial score (nSPS) is 15.6. The van der Waals surface area contributed by atoms with Crippen LogP contribution < -0.4 is 10.0 Å². The first-order chi connectivity index (χ1) is 12.3. The van der Waals surface area contributed by atoms with Gasteiger partial charge in [-0.1, -0.05) is 6.92 Å². The summed E-state index contributed by atoms with van der Waals surface area (Å²) in [6, 6.07) is 6.35. The molecule has 1 saturated carbocycles. The second-order valence-electron chi connectivity index (χ2n) is 6.58. The van der Waals surface area contributed by atoms with Crippen LogP contribution in [0.3, 0.4) is 0 Å². The molecule has 1 aromatic carbocycles. The van der Waals surface area contributed by atoms with Crippen LogP contribution in [0.25, 0.3) is 0 Å². The zero-order valence-corrected chi connectivity index (χ0v) is 16.8. The first kappa shape index (κ1) is 19.1. The van der Waals surface area contributed by atoms with E-state index in [2.05, 4.69) is 31.1 Å². The van der Waals surface area contributed by atoms with E-state index >= 15 is 0 Å². The highest BCUT2D eigenvalue weighted by Gasteiger charge is 2.28. The summed E-state index contributed by atoms with van der Waals surface area (Å²) in [5.74, 6) is -0.131. The van der Waals surface area contributed by atoms with Crippen molar-refractivity contribution in [2.24, 2.45) is 5.92 Å². The Morgan fingerprint density at radius 3 is 2.85 bits per heavy atom. The Hall–Kier alpha value is -1.71. The van der Waals surface area contributed by atoms with E-state index in [1.165, 1.54) is 12.1 Å². The van der Waals surface area contributed by atoms with Crippen molar-refractivity contribution in [1.82, 2.24) is 19.8 Å². The molecule has 1 atom stereocenters. The summed E-state index contributed by atoms with van der Waals surface area (Å²) in [6.45, 7) is 3.16. The molecule has 1 amide bonds. The lowest BCUT2D eigenvalue weighted by Gasteiger charge is -2.14. The third kappa shape index (κ3) is 4.93. The van der Waals surface area contributed by atoms with E-state index in [1.54, 1.807) is 12.3 Å². The second-order valence-corrected chi connectivity index (χ2v) is 9.15. The number of nitrogens with one attached hydrogen (secondary N) is 2. The molecule has 3 rings (SSSR count). The number of carbonyl (C=O) groups excluding carboxylic acids is 1. The lowest BCUT2D eigenvalue weighted by molar-refractivity contribution is 0.0945. The fourth-order valence-corrected chi connectivity index (χ4v) is 4.25. The Bertz CT molecular complexity index is 879. The number of sulfonamides is 1. The van der Waals surface area contributed by atoms with Crippen LogP contribution in [0.1, 0.15) is 30.1 Å². The fourth-order valence-electron chi connectivity index (χ4n) is 2.49. The minimum Gasteiger partial charge on any atom is -0.352 e. The molecule has 0 bridgehead atoms. The van der Waals surface area contributed by atoms with Crippen molar-refractivity contribution >= 4 is 31.9 Å². The van der Waals surface area contributed by atoms with Gasteiger partial charge < -0.3 is 5.32 Å². The summed E-state index contributed by atoms with van der Waals surface area (Å²) in [6.07, 6.45) is 5.30. The number of nitrogens with zero attached hydrogens (tertiary/aromatic N) is 2. The summed E-state index contributed by atoms with van der Waals surface area (Å²) >= 11 is 3.33. The van der Waals surface area contributed by atoms with E-state index in [0.717, 1.165) is 12.8 Å². The Morgan fingerprint density at radius 1 is 1.42 bits per heavy atom. The molecule has 0 spiro atoms. The van der Waals surface area contributed by atoms with Gasteiger partial charge in [-0.15, -0.1) is 0 Å².